The number of hydrogen-bond donors (Lipinski definition) is 2. The summed E-state index contributed by atoms with van der Waals surface area (Å²) in [6, 6.07) is 10.4. The van der Waals surface area contributed by atoms with E-state index >= 15 is 4.39 Å². The van der Waals surface area contributed by atoms with E-state index in [2.05, 4.69) is 5.32 Å². The van der Waals surface area contributed by atoms with Crippen LogP contribution in [0.1, 0.15) is 54.4 Å². The molecule has 1 aliphatic heterocycles. The second kappa shape index (κ2) is 12.1. The number of anilines is 1. The van der Waals surface area contributed by atoms with E-state index in [1.807, 2.05) is 35.9 Å². The first-order chi connectivity index (χ1) is 19.6. The first kappa shape index (κ1) is 29.5. The Hall–Kier alpha value is -2.98. The average Bonchev–Trinajstić information content (AvgIpc) is 3.61. The Bertz CT molecular complexity index is 1480. The lowest BCUT2D eigenvalue weighted by molar-refractivity contribution is -0.252. The minimum Gasteiger partial charge on any atom is -0.481 e. The zero-order valence-electron chi connectivity index (χ0n) is 22.7. The summed E-state index contributed by atoms with van der Waals surface area (Å²) in [7, 11) is 1.85. The number of nitrogens with one attached hydrogen (secondary N) is 1. The topological polar surface area (TPSA) is 101 Å². The SMILES string of the molecule is Cn1cc(C(=O)Nc2cc(Cl)c(CC(=O)C(F)(OC3CCC(C(=O)O)CC3)N3CCCC3)cc2Cl)c2ccccc21. The molecular weight excluding hydrogens is 572 g/mol. The first-order valence-corrected chi connectivity index (χ1v) is 14.5. The van der Waals surface area contributed by atoms with E-state index in [9.17, 15) is 19.5 Å². The fourth-order valence-corrected chi connectivity index (χ4v) is 6.25. The zero-order chi connectivity index (χ0) is 29.3. The quantitative estimate of drug-likeness (QED) is 0.281. The Morgan fingerprint density at radius 1 is 1.07 bits per heavy atom. The number of rotatable bonds is 9. The average molecular weight is 605 g/mol. The van der Waals surface area contributed by atoms with E-state index < -0.39 is 29.8 Å². The second-order valence-electron chi connectivity index (χ2n) is 10.8. The number of alkyl halides is 1. The summed E-state index contributed by atoms with van der Waals surface area (Å²) in [5.41, 5.74) is 1.95. The number of ketones is 1. The molecule has 3 aromatic rings. The summed E-state index contributed by atoms with van der Waals surface area (Å²) >= 11 is 13.0. The van der Waals surface area contributed by atoms with Gasteiger partial charge in [-0.3, -0.25) is 14.4 Å². The lowest BCUT2D eigenvalue weighted by Crippen LogP contribution is -2.54. The Morgan fingerprint density at radius 3 is 2.44 bits per heavy atom. The summed E-state index contributed by atoms with van der Waals surface area (Å²) in [6.07, 6.45) is 3.75. The maximum Gasteiger partial charge on any atom is 0.330 e. The van der Waals surface area contributed by atoms with Crippen LogP contribution < -0.4 is 5.32 Å². The molecule has 2 aliphatic rings. The highest BCUT2D eigenvalue weighted by molar-refractivity contribution is 6.36. The van der Waals surface area contributed by atoms with Crippen molar-refractivity contribution in [3.63, 3.8) is 0 Å². The van der Waals surface area contributed by atoms with Crippen molar-refractivity contribution < 1.29 is 28.6 Å². The van der Waals surface area contributed by atoms with Gasteiger partial charge in [-0.1, -0.05) is 41.4 Å². The molecule has 2 heterocycles. The molecule has 1 unspecified atom stereocenters. The van der Waals surface area contributed by atoms with Gasteiger partial charge in [0.15, 0.2) is 0 Å². The summed E-state index contributed by atoms with van der Waals surface area (Å²) in [4.78, 5) is 39.3. The second-order valence-corrected chi connectivity index (χ2v) is 11.6. The zero-order valence-corrected chi connectivity index (χ0v) is 24.2. The van der Waals surface area contributed by atoms with Gasteiger partial charge in [-0.05, 0) is 62.3 Å². The van der Waals surface area contributed by atoms with E-state index in [0.717, 1.165) is 23.7 Å². The number of para-hydroxylation sites is 1. The van der Waals surface area contributed by atoms with Crippen molar-refractivity contribution in [1.29, 1.82) is 0 Å². The molecule has 8 nitrogen and oxygen atoms in total. The summed E-state index contributed by atoms with van der Waals surface area (Å²) in [6.45, 7) is 0.751. The van der Waals surface area contributed by atoms with Crippen molar-refractivity contribution >= 4 is 57.5 Å². The molecule has 0 radical (unpaired) electrons. The number of carbonyl (C=O) groups is 3. The predicted molar refractivity (Wildman–Crippen MR) is 155 cm³/mol. The number of nitrogens with zero attached hydrogens (tertiary/aromatic N) is 2. The Balaban J connectivity index is 1.32. The van der Waals surface area contributed by atoms with Crippen LogP contribution in [0.2, 0.25) is 10.0 Å². The summed E-state index contributed by atoms with van der Waals surface area (Å²) < 4.78 is 24.2. The number of benzene rings is 2. The van der Waals surface area contributed by atoms with E-state index in [-0.39, 0.29) is 28.1 Å². The van der Waals surface area contributed by atoms with Crippen LogP contribution in [0, 0.1) is 5.92 Å². The van der Waals surface area contributed by atoms with Crippen molar-refractivity contribution in [2.75, 3.05) is 18.4 Å². The lowest BCUT2D eigenvalue weighted by Gasteiger charge is -2.37. The number of carbonyl (C=O) groups excluding carboxylic acids is 2. The monoisotopic (exact) mass is 603 g/mol. The number of aromatic nitrogens is 1. The van der Waals surface area contributed by atoms with Crippen LogP contribution in [0.25, 0.3) is 10.9 Å². The first-order valence-electron chi connectivity index (χ1n) is 13.8. The van der Waals surface area contributed by atoms with Crippen LogP contribution in [0.3, 0.4) is 0 Å². The third-order valence-corrected chi connectivity index (χ3v) is 8.74. The molecule has 0 bridgehead atoms. The standard InChI is InChI=1S/C30H32Cl2FN3O5/c1-35-17-22(21-6-2-3-7-26(21)35)28(38)34-25-16-23(31)19(14-24(25)32)15-27(37)30(33,36-12-4-5-13-36)41-20-10-8-18(9-11-20)29(39)40/h2-3,6-7,14,16-18,20H,4-5,8-13,15H2,1H3,(H,34,38)(H,39,40). The number of amides is 1. The van der Waals surface area contributed by atoms with Gasteiger partial charge in [-0.25, -0.2) is 4.90 Å². The van der Waals surface area contributed by atoms with Crippen molar-refractivity contribution in [1.82, 2.24) is 9.47 Å². The molecule has 2 aromatic carbocycles. The van der Waals surface area contributed by atoms with E-state index in [1.165, 1.54) is 17.0 Å². The fraction of sp³-hybridized carbons (Fsp3) is 0.433. The van der Waals surface area contributed by atoms with Crippen molar-refractivity contribution in [3.05, 3.63) is 63.8 Å². The van der Waals surface area contributed by atoms with Crippen LogP contribution >= 0.6 is 23.2 Å². The van der Waals surface area contributed by atoms with E-state index in [1.54, 1.807) is 6.20 Å². The molecule has 2 N–H and O–H groups in total. The molecule has 1 saturated carbocycles. The Labute approximate surface area is 247 Å². The number of likely N-dealkylation sites (tertiary alicyclic amines) is 1. The maximum atomic E-state index is 16.5. The number of Topliss-reactive ketones (excluding diaryl/α,β-unsaturated/α-hetero) is 1. The molecular formula is C30H32Cl2FN3O5. The molecule has 1 aromatic heterocycles. The smallest absolute Gasteiger partial charge is 0.330 e. The van der Waals surface area contributed by atoms with Gasteiger partial charge in [0, 0.05) is 48.7 Å². The summed E-state index contributed by atoms with van der Waals surface area (Å²) in [5, 5.41) is 13.2. The lowest BCUT2D eigenvalue weighted by atomic mass is 9.87. The number of ether oxygens (including phenoxy) is 1. The predicted octanol–water partition coefficient (Wildman–Crippen LogP) is 6.23. The van der Waals surface area contributed by atoms with Gasteiger partial charge in [-0.2, -0.15) is 4.39 Å². The fourth-order valence-electron chi connectivity index (χ4n) is 5.78. The highest BCUT2D eigenvalue weighted by Gasteiger charge is 2.49. The van der Waals surface area contributed by atoms with Crippen molar-refractivity contribution in [3.8, 4) is 0 Å². The maximum absolute atomic E-state index is 16.5. The molecule has 41 heavy (non-hydrogen) atoms. The number of carboxylic acid groups (broad SMARTS) is 1. The van der Waals surface area contributed by atoms with Crippen LogP contribution in [0.5, 0.6) is 0 Å². The number of carboxylic acids is 1. The molecule has 1 saturated heterocycles. The van der Waals surface area contributed by atoms with Gasteiger partial charge >= 0.3 is 11.9 Å². The Kier molecular flexibility index (Phi) is 8.70. The Morgan fingerprint density at radius 2 is 1.76 bits per heavy atom. The van der Waals surface area contributed by atoms with Gasteiger partial charge in [0.05, 0.1) is 28.3 Å². The number of fused-ring (bicyclic) bond motifs is 1. The molecule has 1 amide bonds. The molecule has 1 atom stereocenters. The number of aryl methyl sites for hydroxylation is 1. The van der Waals surface area contributed by atoms with Gasteiger partial charge in [0.2, 0.25) is 5.78 Å². The highest BCUT2D eigenvalue weighted by Crippen LogP contribution is 2.36. The number of aliphatic carboxylic acids is 1. The van der Waals surface area contributed by atoms with Crippen LogP contribution in [-0.4, -0.2) is 57.4 Å². The molecule has 2 fully saturated rings. The van der Waals surface area contributed by atoms with Gasteiger partial charge in [0.1, 0.15) is 0 Å². The largest absolute Gasteiger partial charge is 0.481 e. The minimum atomic E-state index is -2.66. The van der Waals surface area contributed by atoms with Crippen molar-refractivity contribution in [2.24, 2.45) is 13.0 Å². The normalized spacial score (nSPS) is 21.1. The van der Waals surface area contributed by atoms with Crippen molar-refractivity contribution in [2.45, 2.75) is 57.0 Å². The van der Waals surface area contributed by atoms with Gasteiger partial charge in [0.25, 0.3) is 5.91 Å². The van der Waals surface area contributed by atoms with Crippen LogP contribution in [0.4, 0.5) is 10.1 Å². The van der Waals surface area contributed by atoms with E-state index in [4.69, 9.17) is 27.9 Å². The highest BCUT2D eigenvalue weighted by atomic mass is 35.5. The number of hydrogen-bond acceptors (Lipinski definition) is 5. The molecule has 11 heteroatoms. The molecule has 0 spiro atoms. The van der Waals surface area contributed by atoms with Crippen LogP contribution in [0.15, 0.2) is 42.6 Å². The van der Waals surface area contributed by atoms with Gasteiger partial charge in [-0.15, -0.1) is 0 Å². The number of halogens is 3. The molecule has 5 rings (SSSR count). The minimum absolute atomic E-state index is 0.154. The third-order valence-electron chi connectivity index (χ3n) is 8.08. The molecule has 1 aliphatic carbocycles. The van der Waals surface area contributed by atoms with Crippen LogP contribution in [-0.2, 0) is 27.8 Å². The van der Waals surface area contributed by atoms with Gasteiger partial charge < -0.3 is 19.7 Å². The van der Waals surface area contributed by atoms with E-state index in [0.29, 0.717) is 49.9 Å². The third kappa shape index (κ3) is 6.14. The summed E-state index contributed by atoms with van der Waals surface area (Å²) in [5.74, 6) is -5.17. The molecule has 218 valence electrons.